The van der Waals surface area contributed by atoms with Crippen LogP contribution in [-0.2, 0) is 0 Å². The number of hydrogen-bond acceptors (Lipinski definition) is 2. The van der Waals surface area contributed by atoms with Crippen molar-refractivity contribution in [2.24, 2.45) is 5.92 Å². The summed E-state index contributed by atoms with van der Waals surface area (Å²) in [6.45, 7) is 4.33. The van der Waals surface area contributed by atoms with Gasteiger partial charge in [-0.1, -0.05) is 6.92 Å². The Bertz CT molecular complexity index is 347. The Kier molecular flexibility index (Phi) is 3.29. The summed E-state index contributed by atoms with van der Waals surface area (Å²) in [7, 11) is 0. The zero-order valence-electron chi connectivity index (χ0n) is 9.26. The summed E-state index contributed by atoms with van der Waals surface area (Å²) in [5.74, 6) is 1.86. The molecule has 2 nitrogen and oxygen atoms in total. The Morgan fingerprint density at radius 3 is 2.93 bits per heavy atom. The molecule has 1 aromatic rings. The Balaban J connectivity index is 2.11. The summed E-state index contributed by atoms with van der Waals surface area (Å²) in [6, 6.07) is 2.61. The third kappa shape index (κ3) is 2.51. The monoisotopic (exact) mass is 268 g/mol. The van der Waals surface area contributed by atoms with Crippen LogP contribution < -0.4 is 5.32 Å². The lowest BCUT2D eigenvalue weighted by Crippen LogP contribution is -2.21. The van der Waals surface area contributed by atoms with E-state index in [1.165, 1.54) is 24.8 Å². The van der Waals surface area contributed by atoms with Crippen LogP contribution in [0.2, 0.25) is 0 Å². The first-order valence-corrected chi connectivity index (χ1v) is 6.39. The standard InChI is InChI=1S/C12H17BrN2/c1-3-10(9-4-5-9)15-12-11(13)8(2)6-7-14-12/h6-7,9-10H,3-5H2,1-2H3,(H,14,15). The molecule has 1 N–H and O–H groups in total. The lowest BCUT2D eigenvalue weighted by atomic mass is 10.1. The van der Waals surface area contributed by atoms with Crippen molar-refractivity contribution in [1.82, 2.24) is 4.98 Å². The highest BCUT2D eigenvalue weighted by Crippen LogP contribution is 2.36. The molecule has 15 heavy (non-hydrogen) atoms. The van der Waals surface area contributed by atoms with Crippen LogP contribution >= 0.6 is 15.9 Å². The molecule has 1 aliphatic carbocycles. The molecular weight excluding hydrogens is 252 g/mol. The molecule has 2 rings (SSSR count). The van der Waals surface area contributed by atoms with Crippen LogP contribution in [0.4, 0.5) is 5.82 Å². The first-order valence-electron chi connectivity index (χ1n) is 5.60. The second kappa shape index (κ2) is 4.52. The number of aromatic nitrogens is 1. The summed E-state index contributed by atoms with van der Waals surface area (Å²) in [5, 5.41) is 3.54. The van der Waals surface area contributed by atoms with Gasteiger partial charge in [-0.25, -0.2) is 4.98 Å². The van der Waals surface area contributed by atoms with Gasteiger partial charge in [-0.2, -0.15) is 0 Å². The predicted molar refractivity (Wildman–Crippen MR) is 67.1 cm³/mol. The lowest BCUT2D eigenvalue weighted by molar-refractivity contribution is 0.613. The van der Waals surface area contributed by atoms with E-state index in [0.717, 1.165) is 16.2 Å². The van der Waals surface area contributed by atoms with E-state index in [0.29, 0.717) is 6.04 Å². The van der Waals surface area contributed by atoms with E-state index in [-0.39, 0.29) is 0 Å². The molecule has 1 unspecified atom stereocenters. The van der Waals surface area contributed by atoms with Gasteiger partial charge in [0.2, 0.25) is 0 Å². The number of halogens is 1. The average molecular weight is 269 g/mol. The fraction of sp³-hybridized carbons (Fsp3) is 0.583. The topological polar surface area (TPSA) is 24.9 Å². The van der Waals surface area contributed by atoms with Gasteiger partial charge in [-0.15, -0.1) is 0 Å². The number of nitrogens with zero attached hydrogens (tertiary/aromatic N) is 1. The van der Waals surface area contributed by atoms with Gasteiger partial charge >= 0.3 is 0 Å². The first-order chi connectivity index (χ1) is 7.22. The van der Waals surface area contributed by atoms with Crippen molar-refractivity contribution in [1.29, 1.82) is 0 Å². The highest BCUT2D eigenvalue weighted by Gasteiger charge is 2.30. The molecule has 3 heteroatoms. The SMILES string of the molecule is CCC(Nc1nccc(C)c1Br)C1CC1. The number of aryl methyl sites for hydroxylation is 1. The van der Waals surface area contributed by atoms with E-state index in [2.05, 4.69) is 40.1 Å². The number of rotatable bonds is 4. The zero-order chi connectivity index (χ0) is 10.8. The van der Waals surface area contributed by atoms with Crippen LogP contribution in [0.3, 0.4) is 0 Å². The van der Waals surface area contributed by atoms with E-state index < -0.39 is 0 Å². The number of hydrogen-bond donors (Lipinski definition) is 1. The average Bonchev–Trinajstić information content (AvgIpc) is 3.04. The minimum atomic E-state index is 0.593. The van der Waals surface area contributed by atoms with E-state index in [1.54, 1.807) is 0 Å². The van der Waals surface area contributed by atoms with Crippen LogP contribution in [0.25, 0.3) is 0 Å². The molecule has 0 radical (unpaired) electrons. The van der Waals surface area contributed by atoms with Gasteiger partial charge in [0.05, 0.1) is 4.47 Å². The van der Waals surface area contributed by atoms with Crippen LogP contribution in [0.1, 0.15) is 31.7 Å². The van der Waals surface area contributed by atoms with Crippen molar-refractivity contribution < 1.29 is 0 Å². The van der Waals surface area contributed by atoms with Gasteiger partial charge in [-0.3, -0.25) is 0 Å². The largest absolute Gasteiger partial charge is 0.366 e. The van der Waals surface area contributed by atoms with Gasteiger partial charge in [0.15, 0.2) is 0 Å². The van der Waals surface area contributed by atoms with Crippen LogP contribution in [0.15, 0.2) is 16.7 Å². The van der Waals surface area contributed by atoms with E-state index in [4.69, 9.17) is 0 Å². The molecule has 1 heterocycles. The quantitative estimate of drug-likeness (QED) is 0.900. The fourth-order valence-corrected chi connectivity index (χ4v) is 2.22. The molecule has 1 fully saturated rings. The Morgan fingerprint density at radius 1 is 1.60 bits per heavy atom. The van der Waals surface area contributed by atoms with Crippen molar-refractivity contribution in [3.8, 4) is 0 Å². The summed E-state index contributed by atoms with van der Waals surface area (Å²) in [4.78, 5) is 4.38. The molecule has 0 aliphatic heterocycles. The van der Waals surface area contributed by atoms with Crippen LogP contribution in [-0.4, -0.2) is 11.0 Å². The molecule has 0 saturated heterocycles. The number of nitrogens with one attached hydrogen (secondary N) is 1. The Morgan fingerprint density at radius 2 is 2.33 bits per heavy atom. The molecule has 1 atom stereocenters. The molecule has 0 amide bonds. The van der Waals surface area contributed by atoms with Crippen molar-refractivity contribution in [3.63, 3.8) is 0 Å². The van der Waals surface area contributed by atoms with E-state index in [9.17, 15) is 0 Å². The fourth-order valence-electron chi connectivity index (χ4n) is 1.87. The zero-order valence-corrected chi connectivity index (χ0v) is 10.8. The van der Waals surface area contributed by atoms with Gasteiger partial charge in [0, 0.05) is 12.2 Å². The van der Waals surface area contributed by atoms with E-state index in [1.807, 2.05) is 12.3 Å². The number of pyridine rings is 1. The summed E-state index contributed by atoms with van der Waals surface area (Å²) in [6.07, 6.45) is 5.78. The van der Waals surface area contributed by atoms with Gasteiger partial charge in [-0.05, 0) is 59.7 Å². The third-order valence-corrected chi connectivity index (χ3v) is 4.04. The first kappa shape index (κ1) is 10.9. The van der Waals surface area contributed by atoms with Crippen LogP contribution in [0.5, 0.6) is 0 Å². The minimum Gasteiger partial charge on any atom is -0.366 e. The van der Waals surface area contributed by atoms with E-state index >= 15 is 0 Å². The second-order valence-corrected chi connectivity index (χ2v) is 5.08. The summed E-state index contributed by atoms with van der Waals surface area (Å²) in [5.41, 5.74) is 1.23. The van der Waals surface area contributed by atoms with Gasteiger partial charge in [0.1, 0.15) is 5.82 Å². The smallest absolute Gasteiger partial charge is 0.140 e. The van der Waals surface area contributed by atoms with Crippen molar-refractivity contribution in [2.75, 3.05) is 5.32 Å². The molecule has 1 aliphatic rings. The molecule has 82 valence electrons. The maximum atomic E-state index is 4.38. The molecule has 1 aromatic heterocycles. The summed E-state index contributed by atoms with van der Waals surface area (Å²) < 4.78 is 1.10. The second-order valence-electron chi connectivity index (χ2n) is 4.29. The van der Waals surface area contributed by atoms with Crippen molar-refractivity contribution in [2.45, 2.75) is 39.2 Å². The molecule has 1 saturated carbocycles. The predicted octanol–water partition coefficient (Wildman–Crippen LogP) is 3.75. The highest BCUT2D eigenvalue weighted by molar-refractivity contribution is 9.10. The molecule has 0 bridgehead atoms. The van der Waals surface area contributed by atoms with Gasteiger partial charge in [0.25, 0.3) is 0 Å². The van der Waals surface area contributed by atoms with Crippen molar-refractivity contribution >= 4 is 21.7 Å². The molecule has 0 spiro atoms. The Hall–Kier alpha value is -0.570. The number of anilines is 1. The maximum Gasteiger partial charge on any atom is 0.140 e. The minimum absolute atomic E-state index is 0.593. The van der Waals surface area contributed by atoms with Crippen molar-refractivity contribution in [3.05, 3.63) is 22.3 Å². The molecular formula is C12H17BrN2. The maximum absolute atomic E-state index is 4.38. The highest BCUT2D eigenvalue weighted by atomic mass is 79.9. The Labute approximate surface area is 99.6 Å². The van der Waals surface area contributed by atoms with Gasteiger partial charge < -0.3 is 5.32 Å². The normalized spacial score (nSPS) is 17.5. The lowest BCUT2D eigenvalue weighted by Gasteiger charge is -2.18. The summed E-state index contributed by atoms with van der Waals surface area (Å²) >= 11 is 3.58. The third-order valence-electron chi connectivity index (χ3n) is 3.04. The van der Waals surface area contributed by atoms with Crippen LogP contribution in [0, 0.1) is 12.8 Å². The molecule has 0 aromatic carbocycles.